The van der Waals surface area contributed by atoms with Crippen LogP contribution in [0.5, 0.6) is 0 Å². The summed E-state index contributed by atoms with van der Waals surface area (Å²) in [5.41, 5.74) is 7.21. The lowest BCUT2D eigenvalue weighted by Crippen LogP contribution is -2.04. The molecule has 4 N–H and O–H groups in total. The maximum atomic E-state index is 11.7. The second kappa shape index (κ2) is 4.84. The first-order chi connectivity index (χ1) is 9.74. The van der Waals surface area contributed by atoms with Gasteiger partial charge in [-0.1, -0.05) is 6.07 Å². The van der Waals surface area contributed by atoms with Gasteiger partial charge in [0, 0.05) is 12.4 Å². The maximum absolute atomic E-state index is 11.7. The summed E-state index contributed by atoms with van der Waals surface area (Å²) in [4.78, 5) is 25.5. The highest BCUT2D eigenvalue weighted by Gasteiger charge is 2.10. The molecule has 0 aliphatic rings. The van der Waals surface area contributed by atoms with Crippen LogP contribution in [0, 0.1) is 0 Å². The minimum Gasteiger partial charge on any atom is -0.380 e. The minimum absolute atomic E-state index is 0.229. The van der Waals surface area contributed by atoms with Crippen LogP contribution in [0.15, 0.2) is 47.0 Å². The van der Waals surface area contributed by atoms with Gasteiger partial charge in [-0.3, -0.25) is 9.78 Å². The first-order valence-corrected chi connectivity index (χ1v) is 5.76. The number of azo groups is 1. The highest BCUT2D eigenvalue weighted by Crippen LogP contribution is 2.15. The molecular formula is C12H10N7O+. The van der Waals surface area contributed by atoms with Crippen LogP contribution in [0.3, 0.4) is 0 Å². The highest BCUT2D eigenvalue weighted by atomic mass is 16.1. The van der Waals surface area contributed by atoms with E-state index in [0.29, 0.717) is 16.9 Å². The van der Waals surface area contributed by atoms with Crippen molar-refractivity contribution < 1.29 is 9.78 Å². The molecule has 3 rings (SSSR count). The topological polar surface area (TPSA) is 124 Å². The highest BCUT2D eigenvalue weighted by molar-refractivity contribution is 5.92. The quantitative estimate of drug-likeness (QED) is 0.679. The van der Waals surface area contributed by atoms with Crippen LogP contribution in [0.25, 0.3) is 11.0 Å². The first kappa shape index (κ1) is 11.9. The molecule has 0 saturated heterocycles. The second-order valence-electron chi connectivity index (χ2n) is 3.94. The second-order valence-corrected chi connectivity index (χ2v) is 3.94. The van der Waals surface area contributed by atoms with Crippen molar-refractivity contribution in [3.05, 3.63) is 42.5 Å². The molecule has 0 bridgehead atoms. The lowest BCUT2D eigenvalue weighted by molar-refractivity contribution is -0.343. The average molecular weight is 268 g/mol. The van der Waals surface area contributed by atoms with Gasteiger partial charge in [0.2, 0.25) is 12.0 Å². The number of H-pyrrole nitrogens is 2. The zero-order valence-corrected chi connectivity index (χ0v) is 10.2. The summed E-state index contributed by atoms with van der Waals surface area (Å²) in [7, 11) is 0. The standard InChI is InChI=1S/C12H9N7O/c13-11-10-8(5-16-11)17-9(6-15-10)18-19-12(20)7-3-1-2-4-14-7/h1-6,16H,13H2/p+1. The number of fused-ring (bicyclic) bond motifs is 1. The number of pyridine rings is 1. The molecule has 0 saturated carbocycles. The van der Waals surface area contributed by atoms with E-state index < -0.39 is 5.91 Å². The Kier molecular flexibility index (Phi) is 2.88. The third-order valence-corrected chi connectivity index (χ3v) is 2.60. The Balaban J connectivity index is 1.85. The molecule has 0 unspecified atom stereocenters. The Morgan fingerprint density at radius 1 is 1.40 bits per heavy atom. The number of nitrogens with two attached hydrogens (primary N) is 1. The molecular weight excluding hydrogens is 258 g/mol. The molecule has 3 aromatic rings. The molecule has 0 aliphatic carbocycles. The van der Waals surface area contributed by atoms with E-state index in [2.05, 4.69) is 30.2 Å². The average Bonchev–Trinajstić information content (AvgIpc) is 2.87. The van der Waals surface area contributed by atoms with E-state index in [9.17, 15) is 4.79 Å². The van der Waals surface area contributed by atoms with Crippen molar-refractivity contribution in [2.45, 2.75) is 0 Å². The minimum atomic E-state index is -0.527. The largest absolute Gasteiger partial charge is 0.380 e. The lowest BCUT2D eigenvalue weighted by Gasteiger charge is -1.91. The number of hydrogen-bond donors (Lipinski definition) is 2. The zero-order valence-electron chi connectivity index (χ0n) is 10.2. The molecule has 98 valence electrons. The predicted molar refractivity (Wildman–Crippen MR) is 70.1 cm³/mol. The molecule has 8 nitrogen and oxygen atoms in total. The summed E-state index contributed by atoms with van der Waals surface area (Å²) in [6, 6.07) is 4.99. The van der Waals surface area contributed by atoms with Gasteiger partial charge >= 0.3 is 5.91 Å². The molecule has 0 atom stereocenters. The lowest BCUT2D eigenvalue weighted by atomic mass is 10.3. The van der Waals surface area contributed by atoms with Crippen molar-refractivity contribution in [3.8, 4) is 0 Å². The zero-order chi connectivity index (χ0) is 13.9. The Morgan fingerprint density at radius 2 is 2.30 bits per heavy atom. The molecule has 0 spiro atoms. The van der Waals surface area contributed by atoms with E-state index in [1.54, 1.807) is 24.4 Å². The Morgan fingerprint density at radius 3 is 3.10 bits per heavy atom. The summed E-state index contributed by atoms with van der Waals surface area (Å²) in [6.45, 7) is 0. The molecule has 3 aromatic heterocycles. The number of carbonyl (C=O) groups excluding carboxylic acids is 1. The molecule has 8 heteroatoms. The van der Waals surface area contributed by atoms with Crippen LogP contribution in [0.1, 0.15) is 10.5 Å². The van der Waals surface area contributed by atoms with Crippen molar-refractivity contribution in [3.63, 3.8) is 0 Å². The molecule has 0 radical (unpaired) electrons. The number of nitrogens with one attached hydrogen (secondary N) is 2. The van der Waals surface area contributed by atoms with Crippen molar-refractivity contribution in [2.75, 3.05) is 5.73 Å². The summed E-state index contributed by atoms with van der Waals surface area (Å²) in [5, 5.41) is 7.36. The number of aromatic nitrogens is 4. The third kappa shape index (κ3) is 2.21. The fourth-order valence-electron chi connectivity index (χ4n) is 1.65. The van der Waals surface area contributed by atoms with Crippen molar-refractivity contribution in [1.29, 1.82) is 0 Å². The van der Waals surface area contributed by atoms with Crippen LogP contribution in [-0.2, 0) is 0 Å². The van der Waals surface area contributed by atoms with E-state index >= 15 is 0 Å². The van der Waals surface area contributed by atoms with Crippen LogP contribution >= 0.6 is 0 Å². The van der Waals surface area contributed by atoms with Gasteiger partial charge in [0.15, 0.2) is 11.3 Å². The van der Waals surface area contributed by atoms with Crippen molar-refractivity contribution in [1.82, 2.24) is 15.0 Å². The number of nitrogen functional groups attached to an aromatic ring is 1. The van der Waals surface area contributed by atoms with Gasteiger partial charge < -0.3 is 10.7 Å². The predicted octanol–water partition coefficient (Wildman–Crippen LogP) is 1.28. The third-order valence-electron chi connectivity index (χ3n) is 2.60. The SMILES string of the molecule is Nc1[nH]cc2nc(N=NC(=O)c3ccccn3)c[nH+]c12. The number of carbonyl (C=O) groups is 1. The summed E-state index contributed by atoms with van der Waals surface area (Å²) < 4.78 is 0. The van der Waals surface area contributed by atoms with Gasteiger partial charge in [-0.05, 0) is 12.1 Å². The van der Waals surface area contributed by atoms with Gasteiger partial charge in [0.05, 0.1) is 0 Å². The van der Waals surface area contributed by atoms with Crippen LogP contribution < -0.4 is 10.7 Å². The van der Waals surface area contributed by atoms with E-state index in [-0.39, 0.29) is 11.5 Å². The fraction of sp³-hybridized carbons (Fsp3) is 0. The molecule has 1 amide bonds. The molecule has 0 fully saturated rings. The smallest absolute Gasteiger partial charge is 0.314 e. The van der Waals surface area contributed by atoms with E-state index in [4.69, 9.17) is 5.73 Å². The van der Waals surface area contributed by atoms with Gasteiger partial charge in [-0.15, -0.1) is 10.2 Å². The number of hydrogen-bond acceptors (Lipinski definition) is 5. The maximum Gasteiger partial charge on any atom is 0.314 e. The molecule has 20 heavy (non-hydrogen) atoms. The van der Waals surface area contributed by atoms with Gasteiger partial charge in [0.25, 0.3) is 5.52 Å². The molecule has 0 aromatic carbocycles. The summed E-state index contributed by atoms with van der Waals surface area (Å²) in [6.07, 6.45) is 4.67. The van der Waals surface area contributed by atoms with Gasteiger partial charge in [-0.2, -0.15) is 0 Å². The number of aromatic amines is 2. The van der Waals surface area contributed by atoms with E-state index in [0.717, 1.165) is 0 Å². The fourth-order valence-corrected chi connectivity index (χ4v) is 1.65. The van der Waals surface area contributed by atoms with Crippen LogP contribution in [-0.4, -0.2) is 20.9 Å². The van der Waals surface area contributed by atoms with Crippen molar-refractivity contribution >= 4 is 28.6 Å². The Hall–Kier alpha value is -3.16. The monoisotopic (exact) mass is 268 g/mol. The van der Waals surface area contributed by atoms with E-state index in [1.165, 1.54) is 12.4 Å². The molecule has 3 heterocycles. The Bertz CT molecular complexity index is 794. The van der Waals surface area contributed by atoms with Gasteiger partial charge in [0.1, 0.15) is 5.69 Å². The normalized spacial score (nSPS) is 11.2. The number of nitrogens with zero attached hydrogens (tertiary/aromatic N) is 4. The number of amides is 1. The van der Waals surface area contributed by atoms with Crippen molar-refractivity contribution in [2.24, 2.45) is 10.2 Å². The Labute approximate surface area is 112 Å². The number of anilines is 1. The summed E-state index contributed by atoms with van der Waals surface area (Å²) >= 11 is 0. The first-order valence-electron chi connectivity index (χ1n) is 5.76. The molecule has 0 aliphatic heterocycles. The van der Waals surface area contributed by atoms with Crippen LogP contribution in [0.2, 0.25) is 0 Å². The van der Waals surface area contributed by atoms with Gasteiger partial charge in [-0.25, -0.2) is 9.97 Å². The summed E-state index contributed by atoms with van der Waals surface area (Å²) in [5.74, 6) is 0.238. The number of rotatable bonds is 2. The van der Waals surface area contributed by atoms with Crippen LogP contribution in [0.4, 0.5) is 11.6 Å². The van der Waals surface area contributed by atoms with E-state index in [1.807, 2.05) is 0 Å².